The van der Waals surface area contributed by atoms with Gasteiger partial charge in [0.05, 0.1) is 18.3 Å². The van der Waals surface area contributed by atoms with Crippen molar-refractivity contribution >= 4 is 5.95 Å². The molecule has 1 atom stereocenters. The maximum Gasteiger partial charge on any atom is 0.416 e. The van der Waals surface area contributed by atoms with E-state index in [4.69, 9.17) is 10.5 Å². The van der Waals surface area contributed by atoms with Gasteiger partial charge in [-0.05, 0) is 36.7 Å². The van der Waals surface area contributed by atoms with Gasteiger partial charge in [-0.1, -0.05) is 12.1 Å². The first-order valence-electron chi connectivity index (χ1n) is 7.46. The molecule has 5 nitrogen and oxygen atoms in total. The number of rotatable bonds is 3. The quantitative estimate of drug-likeness (QED) is 0.899. The summed E-state index contributed by atoms with van der Waals surface area (Å²) >= 11 is 0. The van der Waals surface area contributed by atoms with Crippen LogP contribution in [0.1, 0.15) is 17.5 Å². The van der Waals surface area contributed by atoms with Gasteiger partial charge in [-0.25, -0.2) is 9.97 Å². The molecule has 1 saturated heterocycles. The minimum Gasteiger partial charge on any atom is -0.372 e. The Hall–Kier alpha value is -2.19. The maximum atomic E-state index is 12.3. The SMILES string of the molecule is FC(F)(F)c1ccc(COC2CCNC2)cc1.Nc1ncccn1. The van der Waals surface area contributed by atoms with Crippen LogP contribution >= 0.6 is 0 Å². The van der Waals surface area contributed by atoms with Crippen LogP contribution in [0.4, 0.5) is 19.1 Å². The monoisotopic (exact) mass is 340 g/mol. The average Bonchev–Trinajstić information content (AvgIpc) is 3.07. The summed E-state index contributed by atoms with van der Waals surface area (Å²) < 4.78 is 42.5. The van der Waals surface area contributed by atoms with Crippen LogP contribution in [-0.4, -0.2) is 29.2 Å². The van der Waals surface area contributed by atoms with Crippen LogP contribution in [-0.2, 0) is 17.5 Å². The van der Waals surface area contributed by atoms with Crippen LogP contribution in [0.25, 0.3) is 0 Å². The zero-order valence-corrected chi connectivity index (χ0v) is 13.0. The highest BCUT2D eigenvalue weighted by molar-refractivity contribution is 5.24. The molecule has 3 rings (SSSR count). The number of hydrogen-bond acceptors (Lipinski definition) is 5. The maximum absolute atomic E-state index is 12.3. The number of nitrogens with two attached hydrogens (primary N) is 1. The second-order valence-corrected chi connectivity index (χ2v) is 5.23. The Kier molecular flexibility index (Phi) is 6.51. The number of ether oxygens (including phenoxy) is 1. The van der Waals surface area contributed by atoms with E-state index in [1.165, 1.54) is 12.1 Å². The highest BCUT2D eigenvalue weighted by atomic mass is 19.4. The molecule has 24 heavy (non-hydrogen) atoms. The number of nitrogens with one attached hydrogen (secondary N) is 1. The molecule has 1 aromatic carbocycles. The lowest BCUT2D eigenvalue weighted by Gasteiger charge is -2.11. The molecule has 130 valence electrons. The fourth-order valence-corrected chi connectivity index (χ4v) is 2.09. The van der Waals surface area contributed by atoms with Gasteiger partial charge in [-0.3, -0.25) is 0 Å². The van der Waals surface area contributed by atoms with Crippen molar-refractivity contribution in [1.82, 2.24) is 15.3 Å². The molecule has 1 unspecified atom stereocenters. The summed E-state index contributed by atoms with van der Waals surface area (Å²) in [6.45, 7) is 2.13. The van der Waals surface area contributed by atoms with Crippen molar-refractivity contribution in [3.8, 4) is 0 Å². The Morgan fingerprint density at radius 2 is 1.83 bits per heavy atom. The Morgan fingerprint density at radius 3 is 2.29 bits per heavy atom. The van der Waals surface area contributed by atoms with Crippen LogP contribution in [0.3, 0.4) is 0 Å². The van der Waals surface area contributed by atoms with E-state index in [1.807, 2.05) is 0 Å². The van der Waals surface area contributed by atoms with E-state index in [2.05, 4.69) is 15.3 Å². The number of halogens is 3. The number of anilines is 1. The Labute approximate surface area is 138 Å². The summed E-state index contributed by atoms with van der Waals surface area (Å²) in [5.41, 5.74) is 5.28. The lowest BCUT2D eigenvalue weighted by atomic mass is 10.1. The fourth-order valence-electron chi connectivity index (χ4n) is 2.09. The van der Waals surface area contributed by atoms with Crippen LogP contribution < -0.4 is 11.1 Å². The minimum absolute atomic E-state index is 0.178. The zero-order chi connectivity index (χ0) is 17.4. The predicted molar refractivity (Wildman–Crippen MR) is 84.0 cm³/mol. The third-order valence-electron chi connectivity index (χ3n) is 3.37. The molecule has 0 radical (unpaired) electrons. The van der Waals surface area contributed by atoms with Gasteiger partial charge in [0.15, 0.2) is 0 Å². The third kappa shape index (κ3) is 6.13. The summed E-state index contributed by atoms with van der Waals surface area (Å²) in [6.07, 6.45) is 0.0670. The van der Waals surface area contributed by atoms with E-state index in [0.717, 1.165) is 37.2 Å². The number of nitrogens with zero attached hydrogens (tertiary/aromatic N) is 2. The van der Waals surface area contributed by atoms with E-state index < -0.39 is 11.7 Å². The van der Waals surface area contributed by atoms with E-state index in [9.17, 15) is 13.2 Å². The van der Waals surface area contributed by atoms with Crippen molar-refractivity contribution in [2.24, 2.45) is 0 Å². The lowest BCUT2D eigenvalue weighted by molar-refractivity contribution is -0.137. The standard InChI is InChI=1S/C12H14F3NO.C4H5N3/c13-12(14,15)10-3-1-9(2-4-10)8-17-11-5-6-16-7-11;5-4-6-2-1-3-7-4/h1-4,11,16H,5-8H2;1-3H,(H2,5,6,7). The van der Waals surface area contributed by atoms with Gasteiger partial charge in [0.2, 0.25) is 5.95 Å². The first-order valence-corrected chi connectivity index (χ1v) is 7.46. The van der Waals surface area contributed by atoms with Gasteiger partial charge < -0.3 is 15.8 Å². The number of aromatic nitrogens is 2. The fraction of sp³-hybridized carbons (Fsp3) is 0.375. The molecule has 1 aliphatic rings. The normalized spacial score (nSPS) is 17.2. The van der Waals surface area contributed by atoms with Crippen molar-refractivity contribution in [2.45, 2.75) is 25.3 Å². The molecule has 0 aliphatic carbocycles. The number of hydrogen-bond donors (Lipinski definition) is 2. The van der Waals surface area contributed by atoms with Gasteiger partial charge in [-0.2, -0.15) is 13.2 Å². The van der Waals surface area contributed by atoms with Crippen LogP contribution in [0, 0.1) is 0 Å². The molecule has 0 bridgehead atoms. The second-order valence-electron chi connectivity index (χ2n) is 5.23. The first kappa shape index (κ1) is 18.2. The minimum atomic E-state index is -4.27. The van der Waals surface area contributed by atoms with Gasteiger partial charge >= 0.3 is 6.18 Å². The zero-order valence-electron chi connectivity index (χ0n) is 13.0. The summed E-state index contributed by atoms with van der Waals surface area (Å²) in [6, 6.07) is 6.82. The molecule has 0 amide bonds. The van der Waals surface area contributed by atoms with Crippen molar-refractivity contribution < 1.29 is 17.9 Å². The molecule has 2 heterocycles. The summed E-state index contributed by atoms with van der Waals surface area (Å²) in [5, 5.41) is 3.16. The van der Waals surface area contributed by atoms with Crippen molar-refractivity contribution in [3.63, 3.8) is 0 Å². The number of nitrogen functional groups attached to an aromatic ring is 1. The van der Waals surface area contributed by atoms with Gasteiger partial charge in [0.1, 0.15) is 0 Å². The topological polar surface area (TPSA) is 73.1 Å². The largest absolute Gasteiger partial charge is 0.416 e. The Bertz CT molecular complexity index is 599. The average molecular weight is 340 g/mol. The molecule has 1 aliphatic heterocycles. The number of benzene rings is 1. The lowest BCUT2D eigenvalue weighted by Crippen LogP contribution is -2.16. The molecule has 0 saturated carbocycles. The van der Waals surface area contributed by atoms with E-state index in [1.54, 1.807) is 18.5 Å². The van der Waals surface area contributed by atoms with Crippen LogP contribution in [0.5, 0.6) is 0 Å². The molecule has 1 fully saturated rings. The van der Waals surface area contributed by atoms with Crippen LogP contribution in [0.2, 0.25) is 0 Å². The highest BCUT2D eigenvalue weighted by Crippen LogP contribution is 2.29. The smallest absolute Gasteiger partial charge is 0.372 e. The molecular formula is C16H19F3N4O. The van der Waals surface area contributed by atoms with Crippen molar-refractivity contribution in [2.75, 3.05) is 18.8 Å². The Morgan fingerprint density at radius 1 is 1.17 bits per heavy atom. The first-order chi connectivity index (χ1) is 11.4. The van der Waals surface area contributed by atoms with E-state index in [-0.39, 0.29) is 6.10 Å². The Balaban J connectivity index is 0.000000249. The second kappa shape index (κ2) is 8.60. The van der Waals surface area contributed by atoms with Gasteiger partial charge in [-0.15, -0.1) is 0 Å². The molecular weight excluding hydrogens is 321 g/mol. The molecule has 0 spiro atoms. The molecule has 8 heteroatoms. The van der Waals surface area contributed by atoms with E-state index in [0.29, 0.717) is 12.6 Å². The van der Waals surface area contributed by atoms with E-state index >= 15 is 0 Å². The van der Waals surface area contributed by atoms with Crippen molar-refractivity contribution in [1.29, 1.82) is 0 Å². The molecule has 2 aromatic rings. The van der Waals surface area contributed by atoms with Crippen molar-refractivity contribution in [3.05, 3.63) is 53.9 Å². The van der Waals surface area contributed by atoms with Crippen LogP contribution in [0.15, 0.2) is 42.7 Å². The summed E-state index contributed by atoms with van der Waals surface area (Å²) in [7, 11) is 0. The summed E-state index contributed by atoms with van der Waals surface area (Å²) in [4.78, 5) is 7.29. The number of alkyl halides is 3. The van der Waals surface area contributed by atoms with Gasteiger partial charge in [0.25, 0.3) is 0 Å². The predicted octanol–water partition coefficient (Wildman–Crippen LogP) is 2.64. The third-order valence-corrected chi connectivity index (χ3v) is 3.37. The highest BCUT2D eigenvalue weighted by Gasteiger charge is 2.29. The van der Waals surface area contributed by atoms with Gasteiger partial charge in [0, 0.05) is 18.9 Å². The summed E-state index contributed by atoms with van der Waals surface area (Å²) in [5.74, 6) is 0.322. The molecule has 3 N–H and O–H groups in total. The molecule has 1 aromatic heterocycles.